The molecule has 0 bridgehead atoms. The Bertz CT molecular complexity index is 374. The van der Waals surface area contributed by atoms with E-state index in [4.69, 9.17) is 0 Å². The fourth-order valence-corrected chi connectivity index (χ4v) is 1.68. The standard InChI is InChI=1S/C14H22N2O/c1-4-8-16-14(17)7-9-15-13-6-5-11(2)10-12(13)3/h5-6,10,15H,4,7-9H2,1-3H3,(H,16,17). The number of anilines is 1. The van der Waals surface area contributed by atoms with Crippen molar-refractivity contribution in [3.63, 3.8) is 0 Å². The first kappa shape index (κ1) is 13.6. The minimum absolute atomic E-state index is 0.115. The summed E-state index contributed by atoms with van der Waals surface area (Å²) in [4.78, 5) is 11.4. The van der Waals surface area contributed by atoms with Gasteiger partial charge in [0.25, 0.3) is 0 Å². The number of hydrogen-bond acceptors (Lipinski definition) is 2. The summed E-state index contributed by atoms with van der Waals surface area (Å²) < 4.78 is 0. The summed E-state index contributed by atoms with van der Waals surface area (Å²) in [5.41, 5.74) is 3.59. The van der Waals surface area contributed by atoms with Gasteiger partial charge in [0.1, 0.15) is 0 Å². The summed E-state index contributed by atoms with van der Waals surface area (Å²) in [5.74, 6) is 0.115. The number of aryl methyl sites for hydroxylation is 2. The summed E-state index contributed by atoms with van der Waals surface area (Å²) in [7, 11) is 0. The Morgan fingerprint density at radius 2 is 2.00 bits per heavy atom. The number of carbonyl (C=O) groups is 1. The van der Waals surface area contributed by atoms with Gasteiger partial charge in [-0.25, -0.2) is 0 Å². The number of amides is 1. The largest absolute Gasteiger partial charge is 0.384 e. The van der Waals surface area contributed by atoms with E-state index in [9.17, 15) is 4.79 Å². The highest BCUT2D eigenvalue weighted by Gasteiger charge is 2.01. The van der Waals surface area contributed by atoms with Crippen LogP contribution in [0.2, 0.25) is 0 Å². The van der Waals surface area contributed by atoms with Gasteiger partial charge in [0, 0.05) is 25.2 Å². The van der Waals surface area contributed by atoms with Crippen LogP contribution in [0.15, 0.2) is 18.2 Å². The van der Waals surface area contributed by atoms with E-state index in [1.807, 2.05) is 6.92 Å². The molecule has 1 aromatic rings. The van der Waals surface area contributed by atoms with Gasteiger partial charge in [0.05, 0.1) is 0 Å². The smallest absolute Gasteiger partial charge is 0.221 e. The summed E-state index contributed by atoms with van der Waals surface area (Å²) in [6.45, 7) is 7.65. The van der Waals surface area contributed by atoms with Crippen LogP contribution < -0.4 is 10.6 Å². The summed E-state index contributed by atoms with van der Waals surface area (Å²) in [6.07, 6.45) is 1.50. The molecule has 0 spiro atoms. The van der Waals surface area contributed by atoms with Crippen molar-refractivity contribution in [1.82, 2.24) is 5.32 Å². The van der Waals surface area contributed by atoms with Crippen LogP contribution in [-0.4, -0.2) is 19.0 Å². The third-order valence-electron chi connectivity index (χ3n) is 2.62. The van der Waals surface area contributed by atoms with E-state index in [1.54, 1.807) is 0 Å². The van der Waals surface area contributed by atoms with Gasteiger partial charge in [-0.15, -0.1) is 0 Å². The number of hydrogen-bond donors (Lipinski definition) is 2. The maximum atomic E-state index is 11.4. The maximum absolute atomic E-state index is 11.4. The second-order valence-electron chi connectivity index (χ2n) is 4.35. The molecule has 0 aliphatic carbocycles. The van der Waals surface area contributed by atoms with Gasteiger partial charge in [-0.1, -0.05) is 24.6 Å². The highest BCUT2D eigenvalue weighted by molar-refractivity contribution is 5.76. The van der Waals surface area contributed by atoms with Crippen LogP contribution in [-0.2, 0) is 4.79 Å². The molecule has 0 atom stereocenters. The van der Waals surface area contributed by atoms with Crippen LogP contribution in [0.3, 0.4) is 0 Å². The second kappa shape index (κ2) is 6.94. The molecular formula is C14H22N2O. The number of carbonyl (C=O) groups excluding carboxylic acids is 1. The molecule has 0 unspecified atom stereocenters. The topological polar surface area (TPSA) is 41.1 Å². The van der Waals surface area contributed by atoms with Crippen molar-refractivity contribution < 1.29 is 4.79 Å². The molecule has 3 nitrogen and oxygen atoms in total. The van der Waals surface area contributed by atoms with Crippen LogP contribution in [0.5, 0.6) is 0 Å². The van der Waals surface area contributed by atoms with E-state index in [-0.39, 0.29) is 5.91 Å². The third-order valence-corrected chi connectivity index (χ3v) is 2.62. The predicted octanol–water partition coefficient (Wildman–Crippen LogP) is 2.63. The molecule has 0 radical (unpaired) electrons. The zero-order valence-electron chi connectivity index (χ0n) is 11.0. The summed E-state index contributed by atoms with van der Waals surface area (Å²) in [6, 6.07) is 6.28. The molecular weight excluding hydrogens is 212 g/mol. The summed E-state index contributed by atoms with van der Waals surface area (Å²) >= 11 is 0. The molecule has 3 heteroatoms. The molecule has 94 valence electrons. The Labute approximate surface area is 104 Å². The highest BCUT2D eigenvalue weighted by Crippen LogP contribution is 2.15. The molecule has 1 rings (SSSR count). The highest BCUT2D eigenvalue weighted by atomic mass is 16.1. The zero-order valence-corrected chi connectivity index (χ0v) is 11.0. The second-order valence-corrected chi connectivity index (χ2v) is 4.35. The van der Waals surface area contributed by atoms with Crippen molar-refractivity contribution in [2.75, 3.05) is 18.4 Å². The molecule has 2 N–H and O–H groups in total. The molecule has 0 aromatic heterocycles. The normalized spacial score (nSPS) is 10.1. The Balaban J connectivity index is 2.33. The molecule has 0 saturated carbocycles. The van der Waals surface area contributed by atoms with Crippen LogP contribution in [0, 0.1) is 13.8 Å². The van der Waals surface area contributed by atoms with E-state index in [0.29, 0.717) is 13.0 Å². The lowest BCUT2D eigenvalue weighted by Gasteiger charge is -2.10. The average molecular weight is 234 g/mol. The third kappa shape index (κ3) is 4.89. The average Bonchev–Trinajstić information content (AvgIpc) is 2.29. The van der Waals surface area contributed by atoms with Crippen LogP contribution in [0.4, 0.5) is 5.69 Å². The van der Waals surface area contributed by atoms with Crippen molar-refractivity contribution >= 4 is 11.6 Å². The van der Waals surface area contributed by atoms with E-state index in [0.717, 1.165) is 18.7 Å². The number of benzene rings is 1. The molecule has 0 fully saturated rings. The van der Waals surface area contributed by atoms with Gasteiger partial charge >= 0.3 is 0 Å². The minimum atomic E-state index is 0.115. The Morgan fingerprint density at radius 1 is 1.24 bits per heavy atom. The quantitative estimate of drug-likeness (QED) is 0.794. The van der Waals surface area contributed by atoms with E-state index >= 15 is 0 Å². The van der Waals surface area contributed by atoms with Gasteiger partial charge in [-0.05, 0) is 31.9 Å². The molecule has 0 heterocycles. The first-order valence-corrected chi connectivity index (χ1v) is 6.21. The first-order valence-electron chi connectivity index (χ1n) is 6.21. The van der Waals surface area contributed by atoms with Crippen molar-refractivity contribution in [1.29, 1.82) is 0 Å². The zero-order chi connectivity index (χ0) is 12.7. The van der Waals surface area contributed by atoms with Crippen LogP contribution in [0.1, 0.15) is 30.9 Å². The fraction of sp³-hybridized carbons (Fsp3) is 0.500. The van der Waals surface area contributed by atoms with E-state index in [2.05, 4.69) is 42.7 Å². The van der Waals surface area contributed by atoms with Gasteiger partial charge < -0.3 is 10.6 Å². The fourth-order valence-electron chi connectivity index (χ4n) is 1.68. The molecule has 0 aliphatic heterocycles. The van der Waals surface area contributed by atoms with Crippen molar-refractivity contribution in [2.45, 2.75) is 33.6 Å². The summed E-state index contributed by atoms with van der Waals surface area (Å²) in [5, 5.41) is 6.15. The van der Waals surface area contributed by atoms with Crippen molar-refractivity contribution in [2.24, 2.45) is 0 Å². The maximum Gasteiger partial charge on any atom is 0.221 e. The predicted molar refractivity (Wildman–Crippen MR) is 72.3 cm³/mol. The van der Waals surface area contributed by atoms with Crippen LogP contribution in [0.25, 0.3) is 0 Å². The lowest BCUT2D eigenvalue weighted by Crippen LogP contribution is -2.25. The van der Waals surface area contributed by atoms with Gasteiger partial charge in [0.2, 0.25) is 5.91 Å². The van der Waals surface area contributed by atoms with Crippen molar-refractivity contribution in [3.05, 3.63) is 29.3 Å². The van der Waals surface area contributed by atoms with E-state index in [1.165, 1.54) is 11.1 Å². The van der Waals surface area contributed by atoms with Gasteiger partial charge in [-0.3, -0.25) is 4.79 Å². The molecule has 1 aromatic carbocycles. The molecule has 1 amide bonds. The Morgan fingerprint density at radius 3 is 2.65 bits per heavy atom. The monoisotopic (exact) mass is 234 g/mol. The Hall–Kier alpha value is -1.51. The molecule has 0 aliphatic rings. The SMILES string of the molecule is CCCNC(=O)CCNc1ccc(C)cc1C. The number of nitrogens with one attached hydrogen (secondary N) is 2. The molecule has 0 saturated heterocycles. The van der Waals surface area contributed by atoms with Crippen molar-refractivity contribution in [3.8, 4) is 0 Å². The number of rotatable bonds is 6. The minimum Gasteiger partial charge on any atom is -0.384 e. The Kier molecular flexibility index (Phi) is 5.53. The first-order chi connectivity index (χ1) is 8.13. The van der Waals surface area contributed by atoms with E-state index < -0.39 is 0 Å². The van der Waals surface area contributed by atoms with Crippen LogP contribution >= 0.6 is 0 Å². The molecule has 17 heavy (non-hydrogen) atoms. The lowest BCUT2D eigenvalue weighted by atomic mass is 10.1. The van der Waals surface area contributed by atoms with Gasteiger partial charge in [0.15, 0.2) is 0 Å². The van der Waals surface area contributed by atoms with Gasteiger partial charge in [-0.2, -0.15) is 0 Å². The lowest BCUT2D eigenvalue weighted by molar-refractivity contribution is -0.120.